The third kappa shape index (κ3) is 3.64. The number of nitrogens with two attached hydrogens (primary N) is 1. The maximum Gasteiger partial charge on any atom is 0.326 e. The normalized spacial score (nSPS) is 13.8. The Labute approximate surface area is 100 Å². The van der Waals surface area contributed by atoms with Gasteiger partial charge in [-0.2, -0.15) is 0 Å². The van der Waals surface area contributed by atoms with Gasteiger partial charge in [-0.25, -0.2) is 0 Å². The minimum Gasteiger partial charge on any atom is -0.490 e. The Kier molecular flexibility index (Phi) is 4.34. The Hall–Kier alpha value is -1.75. The van der Waals surface area contributed by atoms with Gasteiger partial charge in [0.25, 0.3) is 0 Å². The number of ether oxygens (including phenoxy) is 2. The van der Waals surface area contributed by atoms with E-state index in [1.54, 1.807) is 18.2 Å². The van der Waals surface area contributed by atoms with Crippen molar-refractivity contribution in [1.29, 1.82) is 0 Å². The van der Waals surface area contributed by atoms with E-state index in [-0.39, 0.29) is 6.61 Å². The van der Waals surface area contributed by atoms with E-state index >= 15 is 0 Å². The molecule has 1 aromatic rings. The Morgan fingerprint density at radius 3 is 2.35 bits per heavy atom. The molecule has 0 radical (unpaired) electrons. The van der Waals surface area contributed by atoms with Crippen molar-refractivity contribution in [3.05, 3.63) is 24.3 Å². The summed E-state index contributed by atoms with van der Waals surface area (Å²) in [5.74, 6) is -0.0325. The van der Waals surface area contributed by atoms with Crippen LogP contribution < -0.4 is 15.2 Å². The van der Waals surface area contributed by atoms with E-state index in [9.17, 15) is 4.79 Å². The number of aliphatic carboxylic acids is 1. The average Bonchev–Trinajstić information content (AvgIpc) is 2.28. The van der Waals surface area contributed by atoms with Crippen LogP contribution >= 0.6 is 0 Å². The molecular weight excluding hydrogens is 222 g/mol. The van der Waals surface area contributed by atoms with Gasteiger partial charge in [-0.3, -0.25) is 4.79 Å². The number of carbonyl (C=O) groups is 1. The van der Waals surface area contributed by atoms with Gasteiger partial charge in [0.15, 0.2) is 11.5 Å². The van der Waals surface area contributed by atoms with E-state index in [2.05, 4.69) is 0 Å². The zero-order valence-corrected chi connectivity index (χ0v) is 9.97. The van der Waals surface area contributed by atoms with Crippen molar-refractivity contribution in [3.63, 3.8) is 0 Å². The molecule has 1 unspecified atom stereocenters. The quantitative estimate of drug-likeness (QED) is 0.781. The molecule has 0 saturated heterocycles. The van der Waals surface area contributed by atoms with E-state index in [4.69, 9.17) is 20.3 Å². The van der Waals surface area contributed by atoms with Crippen LogP contribution in [0.25, 0.3) is 0 Å². The highest BCUT2D eigenvalue weighted by Gasteiger charge is 2.29. The maximum absolute atomic E-state index is 10.8. The third-order valence-corrected chi connectivity index (χ3v) is 2.17. The second-order valence-electron chi connectivity index (χ2n) is 3.89. The highest BCUT2D eigenvalue weighted by atomic mass is 16.5. The van der Waals surface area contributed by atoms with E-state index in [0.717, 1.165) is 0 Å². The smallest absolute Gasteiger partial charge is 0.326 e. The lowest BCUT2D eigenvalue weighted by molar-refractivity contribution is -0.143. The second kappa shape index (κ2) is 5.54. The zero-order valence-electron chi connectivity index (χ0n) is 9.97. The number of benzene rings is 1. The fourth-order valence-electron chi connectivity index (χ4n) is 1.13. The monoisotopic (exact) mass is 239 g/mol. The Morgan fingerprint density at radius 1 is 1.35 bits per heavy atom. The van der Waals surface area contributed by atoms with Crippen LogP contribution in [0.5, 0.6) is 11.5 Å². The third-order valence-electron chi connectivity index (χ3n) is 2.17. The van der Waals surface area contributed by atoms with Gasteiger partial charge in [0.2, 0.25) is 0 Å². The summed E-state index contributed by atoms with van der Waals surface area (Å²) < 4.78 is 10.7. The summed E-state index contributed by atoms with van der Waals surface area (Å²) in [6.45, 7) is 3.66. The van der Waals surface area contributed by atoms with Crippen LogP contribution in [0.2, 0.25) is 0 Å². The predicted molar refractivity (Wildman–Crippen MR) is 63.3 cm³/mol. The molecule has 0 aliphatic heterocycles. The van der Waals surface area contributed by atoms with Crippen molar-refractivity contribution < 1.29 is 19.4 Å². The first-order valence-corrected chi connectivity index (χ1v) is 5.34. The molecule has 0 amide bonds. The molecule has 0 aliphatic carbocycles. The maximum atomic E-state index is 10.8. The lowest BCUT2D eigenvalue weighted by Gasteiger charge is -2.20. The molecular formula is C12H17NO4. The van der Waals surface area contributed by atoms with Gasteiger partial charge < -0.3 is 20.3 Å². The van der Waals surface area contributed by atoms with Crippen molar-refractivity contribution in [2.75, 3.05) is 13.2 Å². The standard InChI is InChI=1S/C12H17NO4/c1-3-16-9-6-4-5-7-10(9)17-8-12(2,13)11(14)15/h4-7H,3,8,13H2,1-2H3,(H,14,15). The SMILES string of the molecule is CCOc1ccccc1OCC(C)(N)C(=O)O. The molecule has 94 valence electrons. The van der Waals surface area contributed by atoms with Crippen molar-refractivity contribution in [2.24, 2.45) is 5.73 Å². The van der Waals surface area contributed by atoms with Gasteiger partial charge in [-0.05, 0) is 26.0 Å². The topological polar surface area (TPSA) is 81.8 Å². The van der Waals surface area contributed by atoms with Crippen LogP contribution in [0.3, 0.4) is 0 Å². The highest BCUT2D eigenvalue weighted by Crippen LogP contribution is 2.26. The van der Waals surface area contributed by atoms with Crippen molar-refractivity contribution in [3.8, 4) is 11.5 Å². The largest absolute Gasteiger partial charge is 0.490 e. The van der Waals surface area contributed by atoms with Crippen molar-refractivity contribution >= 4 is 5.97 Å². The molecule has 3 N–H and O–H groups in total. The zero-order chi connectivity index (χ0) is 12.9. The number of rotatable bonds is 6. The summed E-state index contributed by atoms with van der Waals surface area (Å²) >= 11 is 0. The van der Waals surface area contributed by atoms with Gasteiger partial charge in [-0.15, -0.1) is 0 Å². The molecule has 0 saturated carbocycles. The fourth-order valence-corrected chi connectivity index (χ4v) is 1.13. The number of carboxylic acid groups (broad SMARTS) is 1. The average molecular weight is 239 g/mol. The number of para-hydroxylation sites is 2. The van der Waals surface area contributed by atoms with Crippen LogP contribution in [-0.2, 0) is 4.79 Å². The van der Waals surface area contributed by atoms with Crippen molar-refractivity contribution in [1.82, 2.24) is 0 Å². The minimum absolute atomic E-state index is 0.119. The van der Waals surface area contributed by atoms with Gasteiger partial charge in [0, 0.05) is 0 Å². The summed E-state index contributed by atoms with van der Waals surface area (Å²) in [6, 6.07) is 7.07. The van der Waals surface area contributed by atoms with E-state index in [1.807, 2.05) is 13.0 Å². The number of hydrogen-bond donors (Lipinski definition) is 2. The molecule has 1 aromatic carbocycles. The Morgan fingerprint density at radius 2 is 1.88 bits per heavy atom. The minimum atomic E-state index is -1.42. The molecule has 0 fully saturated rings. The summed E-state index contributed by atoms with van der Waals surface area (Å²) in [4.78, 5) is 10.8. The molecule has 0 aromatic heterocycles. The Balaban J connectivity index is 2.72. The molecule has 17 heavy (non-hydrogen) atoms. The van der Waals surface area contributed by atoms with Crippen LogP contribution in [0.15, 0.2) is 24.3 Å². The molecule has 5 nitrogen and oxygen atoms in total. The van der Waals surface area contributed by atoms with Gasteiger partial charge >= 0.3 is 5.97 Å². The fraction of sp³-hybridized carbons (Fsp3) is 0.417. The van der Waals surface area contributed by atoms with Gasteiger partial charge in [0.05, 0.1) is 6.61 Å². The van der Waals surface area contributed by atoms with Crippen LogP contribution in [0.1, 0.15) is 13.8 Å². The summed E-state index contributed by atoms with van der Waals surface area (Å²) in [5.41, 5.74) is 4.15. The van der Waals surface area contributed by atoms with E-state index in [0.29, 0.717) is 18.1 Å². The molecule has 0 spiro atoms. The van der Waals surface area contributed by atoms with Crippen LogP contribution in [-0.4, -0.2) is 29.8 Å². The number of carboxylic acids is 1. The summed E-state index contributed by atoms with van der Waals surface area (Å²) in [7, 11) is 0. The lowest BCUT2D eigenvalue weighted by atomic mass is 10.1. The van der Waals surface area contributed by atoms with Gasteiger partial charge in [-0.1, -0.05) is 12.1 Å². The summed E-state index contributed by atoms with van der Waals surface area (Å²) in [5, 5.41) is 8.86. The highest BCUT2D eigenvalue weighted by molar-refractivity contribution is 5.78. The number of hydrogen-bond acceptors (Lipinski definition) is 4. The second-order valence-corrected chi connectivity index (χ2v) is 3.89. The molecule has 5 heteroatoms. The van der Waals surface area contributed by atoms with E-state index in [1.165, 1.54) is 6.92 Å². The van der Waals surface area contributed by atoms with Crippen LogP contribution in [0.4, 0.5) is 0 Å². The van der Waals surface area contributed by atoms with Gasteiger partial charge in [0.1, 0.15) is 12.1 Å². The first-order chi connectivity index (χ1) is 7.97. The molecule has 0 bridgehead atoms. The molecule has 1 atom stereocenters. The summed E-state index contributed by atoms with van der Waals surface area (Å²) in [6.07, 6.45) is 0. The molecule has 0 heterocycles. The first-order valence-electron chi connectivity index (χ1n) is 5.34. The van der Waals surface area contributed by atoms with Crippen molar-refractivity contribution in [2.45, 2.75) is 19.4 Å². The predicted octanol–water partition coefficient (Wildman–Crippen LogP) is 1.27. The van der Waals surface area contributed by atoms with E-state index < -0.39 is 11.5 Å². The van der Waals surface area contributed by atoms with Crippen LogP contribution in [0, 0.1) is 0 Å². The lowest BCUT2D eigenvalue weighted by Crippen LogP contribution is -2.49. The first kappa shape index (κ1) is 13.3. The molecule has 0 aliphatic rings. The molecule has 1 rings (SSSR count). The Bertz CT molecular complexity index is 390.